The maximum absolute atomic E-state index is 13.9. The summed E-state index contributed by atoms with van der Waals surface area (Å²) in [5.41, 5.74) is -0.368. The Bertz CT molecular complexity index is 531. The molecule has 0 spiro atoms. The predicted molar refractivity (Wildman–Crippen MR) is 88.3 cm³/mol. The zero-order valence-electron chi connectivity index (χ0n) is 13.1. The summed E-state index contributed by atoms with van der Waals surface area (Å²) < 4.78 is 31.1. The number of allylic oxidation sites excluding steroid dienone is 2. The van der Waals surface area contributed by atoms with Gasteiger partial charge < -0.3 is 4.74 Å². The van der Waals surface area contributed by atoms with Gasteiger partial charge in [0.1, 0.15) is 10.3 Å². The second kappa shape index (κ2) is 8.70. The topological polar surface area (TPSA) is 26.3 Å². The fraction of sp³-hybridized carbons (Fsp3) is 0.588. The predicted octanol–water partition coefficient (Wildman–Crippen LogP) is 5.12. The van der Waals surface area contributed by atoms with Crippen LogP contribution in [-0.4, -0.2) is 18.7 Å². The maximum Gasteiger partial charge on any atom is 0.311 e. The second-order valence-electron chi connectivity index (χ2n) is 6.04. The molecule has 1 fully saturated rings. The lowest BCUT2D eigenvalue weighted by molar-refractivity contribution is -0.148. The van der Waals surface area contributed by atoms with Crippen molar-refractivity contribution in [3.8, 4) is 12.3 Å². The standard InChI is InChI=1S/C17H20Cl2F2O2/c1-4-13(12(21)8-6-5-7-9-20)23-16(22)15-11(10-14(18)19)17(15,2)3/h1,8,10-11,13,15H,5-7,9H2,2-3H3/b12-8-. The molecule has 1 aliphatic carbocycles. The minimum Gasteiger partial charge on any atom is -0.441 e. The Morgan fingerprint density at radius 2 is 2.09 bits per heavy atom. The van der Waals surface area contributed by atoms with Gasteiger partial charge in [-0.3, -0.25) is 9.18 Å². The van der Waals surface area contributed by atoms with E-state index in [4.69, 9.17) is 34.4 Å². The summed E-state index contributed by atoms with van der Waals surface area (Å²) in [5.74, 6) is 0.183. The van der Waals surface area contributed by atoms with E-state index in [2.05, 4.69) is 5.92 Å². The van der Waals surface area contributed by atoms with Crippen molar-refractivity contribution in [2.24, 2.45) is 17.3 Å². The van der Waals surface area contributed by atoms with Crippen molar-refractivity contribution in [3.05, 3.63) is 22.5 Å². The molecule has 1 rings (SSSR count). The molecule has 0 amide bonds. The van der Waals surface area contributed by atoms with Crippen molar-refractivity contribution in [1.29, 1.82) is 0 Å². The van der Waals surface area contributed by atoms with Crippen LogP contribution in [0.4, 0.5) is 8.78 Å². The number of carbonyl (C=O) groups excluding carboxylic acids is 1. The van der Waals surface area contributed by atoms with Crippen LogP contribution >= 0.6 is 23.2 Å². The van der Waals surface area contributed by atoms with Gasteiger partial charge in [-0.15, -0.1) is 6.42 Å². The van der Waals surface area contributed by atoms with Gasteiger partial charge in [0.05, 0.1) is 12.6 Å². The number of halogens is 4. The summed E-state index contributed by atoms with van der Waals surface area (Å²) >= 11 is 11.2. The highest BCUT2D eigenvalue weighted by Gasteiger charge is 2.62. The second-order valence-corrected chi connectivity index (χ2v) is 7.05. The third-order valence-corrected chi connectivity index (χ3v) is 4.29. The Morgan fingerprint density at radius 3 is 2.61 bits per heavy atom. The number of unbranched alkanes of at least 4 members (excludes halogenated alkanes) is 2. The van der Waals surface area contributed by atoms with Crippen LogP contribution in [0.3, 0.4) is 0 Å². The highest BCUT2D eigenvalue weighted by molar-refractivity contribution is 6.55. The van der Waals surface area contributed by atoms with Gasteiger partial charge in [0.25, 0.3) is 0 Å². The number of alkyl halides is 1. The molecule has 0 radical (unpaired) electrons. The first-order valence-corrected chi connectivity index (χ1v) is 8.12. The molecule has 3 unspecified atom stereocenters. The molecule has 2 nitrogen and oxygen atoms in total. The summed E-state index contributed by atoms with van der Waals surface area (Å²) in [6.45, 7) is 3.29. The number of terminal acetylenes is 1. The summed E-state index contributed by atoms with van der Waals surface area (Å²) in [6.07, 6.45) is 7.88. The average Bonchev–Trinajstić information content (AvgIpc) is 3.00. The van der Waals surface area contributed by atoms with Crippen molar-refractivity contribution in [1.82, 2.24) is 0 Å². The highest BCUT2D eigenvalue weighted by Crippen LogP contribution is 2.60. The molecule has 0 N–H and O–H groups in total. The van der Waals surface area contributed by atoms with Gasteiger partial charge >= 0.3 is 5.97 Å². The number of rotatable bonds is 8. The van der Waals surface area contributed by atoms with E-state index < -0.39 is 30.5 Å². The number of hydrogen-bond acceptors (Lipinski definition) is 2. The summed E-state index contributed by atoms with van der Waals surface area (Å²) in [7, 11) is 0. The van der Waals surface area contributed by atoms with Crippen LogP contribution in [-0.2, 0) is 9.53 Å². The zero-order chi connectivity index (χ0) is 17.6. The normalized spacial score (nSPS) is 23.6. The molecule has 1 saturated carbocycles. The van der Waals surface area contributed by atoms with Gasteiger partial charge in [0.2, 0.25) is 6.10 Å². The Morgan fingerprint density at radius 1 is 1.43 bits per heavy atom. The minimum absolute atomic E-state index is 0.0748. The van der Waals surface area contributed by atoms with E-state index in [1.165, 1.54) is 6.08 Å². The molecule has 23 heavy (non-hydrogen) atoms. The molecule has 0 aromatic carbocycles. The molecular formula is C17H20Cl2F2O2. The number of esters is 1. The Balaban J connectivity index is 2.64. The molecular weight excluding hydrogens is 345 g/mol. The summed E-state index contributed by atoms with van der Waals surface area (Å²) in [4.78, 5) is 12.2. The molecule has 128 valence electrons. The fourth-order valence-corrected chi connectivity index (χ4v) is 2.79. The van der Waals surface area contributed by atoms with Crippen LogP contribution in [0.5, 0.6) is 0 Å². The van der Waals surface area contributed by atoms with Gasteiger partial charge in [-0.1, -0.05) is 43.0 Å². The van der Waals surface area contributed by atoms with E-state index in [1.54, 1.807) is 6.08 Å². The molecule has 6 heteroatoms. The maximum atomic E-state index is 13.9. The lowest BCUT2D eigenvalue weighted by Gasteiger charge is -2.11. The first-order chi connectivity index (χ1) is 10.8. The Hall–Kier alpha value is -1.05. The van der Waals surface area contributed by atoms with Crippen molar-refractivity contribution in [2.75, 3.05) is 6.67 Å². The van der Waals surface area contributed by atoms with Crippen LogP contribution in [0.15, 0.2) is 22.5 Å². The molecule has 3 atom stereocenters. The van der Waals surface area contributed by atoms with Crippen molar-refractivity contribution in [2.45, 2.75) is 39.2 Å². The SMILES string of the molecule is C#CC(OC(=O)C1C(C=C(Cl)Cl)C1(C)C)/C(F)=C/CCCCF. The molecule has 1 aliphatic rings. The molecule has 0 heterocycles. The molecule has 0 aromatic rings. The third kappa shape index (κ3) is 5.51. The fourth-order valence-electron chi connectivity index (χ4n) is 2.52. The smallest absolute Gasteiger partial charge is 0.311 e. The van der Waals surface area contributed by atoms with E-state index in [0.29, 0.717) is 19.3 Å². The first kappa shape index (κ1) is 20.0. The molecule has 0 aromatic heterocycles. The summed E-state index contributed by atoms with van der Waals surface area (Å²) in [5, 5.41) is 0. The quantitative estimate of drug-likeness (QED) is 0.339. The van der Waals surface area contributed by atoms with E-state index in [1.807, 2.05) is 13.8 Å². The molecule has 0 bridgehead atoms. The van der Waals surface area contributed by atoms with Crippen LogP contribution in [0.1, 0.15) is 33.1 Å². The van der Waals surface area contributed by atoms with E-state index in [-0.39, 0.29) is 15.8 Å². The number of carbonyl (C=O) groups is 1. The first-order valence-electron chi connectivity index (χ1n) is 7.36. The monoisotopic (exact) mass is 364 g/mol. The van der Waals surface area contributed by atoms with Gasteiger partial charge in [-0.25, -0.2) is 4.39 Å². The Kier molecular flexibility index (Phi) is 7.57. The van der Waals surface area contributed by atoms with E-state index in [0.717, 1.165) is 0 Å². The molecule has 0 saturated heterocycles. The van der Waals surface area contributed by atoms with Crippen LogP contribution < -0.4 is 0 Å². The van der Waals surface area contributed by atoms with Gasteiger partial charge in [-0.2, -0.15) is 0 Å². The van der Waals surface area contributed by atoms with Crippen LogP contribution in [0, 0.1) is 29.6 Å². The Labute approximate surface area is 145 Å². The largest absolute Gasteiger partial charge is 0.441 e. The number of hydrogen-bond donors (Lipinski definition) is 0. The van der Waals surface area contributed by atoms with Crippen molar-refractivity contribution < 1.29 is 18.3 Å². The van der Waals surface area contributed by atoms with E-state index in [9.17, 15) is 13.6 Å². The lowest BCUT2D eigenvalue weighted by atomic mass is 10.1. The van der Waals surface area contributed by atoms with Crippen LogP contribution in [0.2, 0.25) is 0 Å². The van der Waals surface area contributed by atoms with Crippen LogP contribution in [0.25, 0.3) is 0 Å². The van der Waals surface area contributed by atoms with Gasteiger partial charge in [0, 0.05) is 0 Å². The lowest BCUT2D eigenvalue weighted by Crippen LogP contribution is -2.20. The number of ether oxygens (including phenoxy) is 1. The van der Waals surface area contributed by atoms with Crippen molar-refractivity contribution in [3.63, 3.8) is 0 Å². The molecule has 0 aliphatic heterocycles. The summed E-state index contributed by atoms with van der Waals surface area (Å²) in [6, 6.07) is 0. The van der Waals surface area contributed by atoms with Gasteiger partial charge in [0.15, 0.2) is 0 Å². The van der Waals surface area contributed by atoms with E-state index >= 15 is 0 Å². The van der Waals surface area contributed by atoms with Crippen molar-refractivity contribution >= 4 is 29.2 Å². The van der Waals surface area contributed by atoms with Gasteiger partial charge in [-0.05, 0) is 42.7 Å². The minimum atomic E-state index is -1.36. The zero-order valence-corrected chi connectivity index (χ0v) is 14.6. The average molecular weight is 365 g/mol. The third-order valence-electron chi connectivity index (χ3n) is 4.03. The highest BCUT2D eigenvalue weighted by atomic mass is 35.5.